The van der Waals surface area contributed by atoms with E-state index < -0.39 is 5.97 Å². The highest BCUT2D eigenvalue weighted by Gasteiger charge is 2.26. The highest BCUT2D eigenvalue weighted by Crippen LogP contribution is 2.30. The van der Waals surface area contributed by atoms with Gasteiger partial charge in [-0.3, -0.25) is 4.79 Å². The van der Waals surface area contributed by atoms with Crippen molar-refractivity contribution in [2.45, 2.75) is 44.9 Å². The van der Waals surface area contributed by atoms with Crippen LogP contribution in [0.3, 0.4) is 0 Å². The Labute approximate surface area is 119 Å². The number of nitrogens with zero attached hydrogens (tertiary/aromatic N) is 3. The topological polar surface area (TPSA) is 66.3 Å². The fourth-order valence-corrected chi connectivity index (χ4v) is 3.45. The minimum absolute atomic E-state index is 0.246. The molecule has 108 valence electrons. The summed E-state index contributed by atoms with van der Waals surface area (Å²) < 4.78 is 0. The van der Waals surface area contributed by atoms with Crippen LogP contribution < -0.4 is 4.90 Å². The number of carbonyl (C=O) groups is 1. The van der Waals surface area contributed by atoms with E-state index in [0.29, 0.717) is 0 Å². The first-order valence-electron chi connectivity index (χ1n) is 7.53. The molecule has 0 amide bonds. The van der Waals surface area contributed by atoms with Gasteiger partial charge in [0.25, 0.3) is 0 Å². The maximum absolute atomic E-state index is 10.9. The van der Waals surface area contributed by atoms with Crippen LogP contribution in [0.2, 0.25) is 0 Å². The largest absolute Gasteiger partial charge is 0.481 e. The van der Waals surface area contributed by atoms with Crippen LogP contribution in [0, 0.1) is 5.92 Å². The van der Waals surface area contributed by atoms with Gasteiger partial charge >= 0.3 is 5.97 Å². The number of aryl methyl sites for hydroxylation is 1. The molecule has 1 aromatic rings. The number of anilines is 1. The Morgan fingerprint density at radius 1 is 1.30 bits per heavy atom. The van der Waals surface area contributed by atoms with Gasteiger partial charge in [-0.25, -0.2) is 9.97 Å². The summed E-state index contributed by atoms with van der Waals surface area (Å²) in [7, 11) is 0. The number of carboxylic acid groups (broad SMARTS) is 1. The summed E-state index contributed by atoms with van der Waals surface area (Å²) in [5.41, 5.74) is 2.50. The van der Waals surface area contributed by atoms with Gasteiger partial charge in [-0.1, -0.05) is 0 Å². The summed E-state index contributed by atoms with van der Waals surface area (Å²) in [6.45, 7) is 1.80. The zero-order valence-corrected chi connectivity index (χ0v) is 11.7. The second kappa shape index (κ2) is 5.77. The summed E-state index contributed by atoms with van der Waals surface area (Å²) in [6.07, 6.45) is 8.53. The van der Waals surface area contributed by atoms with Crippen molar-refractivity contribution >= 4 is 11.8 Å². The van der Waals surface area contributed by atoms with E-state index in [1.807, 2.05) is 0 Å². The van der Waals surface area contributed by atoms with Crippen LogP contribution in [0.25, 0.3) is 0 Å². The molecule has 2 aliphatic rings. The summed E-state index contributed by atoms with van der Waals surface area (Å²) in [4.78, 5) is 22.1. The molecule has 1 N–H and O–H groups in total. The monoisotopic (exact) mass is 275 g/mol. The Hall–Kier alpha value is -1.65. The third-order valence-corrected chi connectivity index (χ3v) is 4.38. The molecule has 0 saturated carbocycles. The molecule has 0 aromatic carbocycles. The van der Waals surface area contributed by atoms with E-state index in [2.05, 4.69) is 14.9 Å². The zero-order valence-electron chi connectivity index (χ0n) is 11.7. The molecule has 3 rings (SSSR count). The Balaban J connectivity index is 1.80. The normalized spacial score (nSPS) is 22.4. The predicted molar refractivity (Wildman–Crippen MR) is 75.9 cm³/mol. The minimum atomic E-state index is -0.693. The second-order valence-corrected chi connectivity index (χ2v) is 5.88. The molecule has 20 heavy (non-hydrogen) atoms. The van der Waals surface area contributed by atoms with Crippen molar-refractivity contribution in [2.24, 2.45) is 5.92 Å². The van der Waals surface area contributed by atoms with E-state index in [9.17, 15) is 4.79 Å². The molecule has 1 aromatic heterocycles. The summed E-state index contributed by atoms with van der Waals surface area (Å²) >= 11 is 0. The molecule has 1 fully saturated rings. The van der Waals surface area contributed by atoms with Crippen molar-refractivity contribution in [1.29, 1.82) is 0 Å². The molecule has 0 spiro atoms. The lowest BCUT2D eigenvalue weighted by atomic mass is 9.92. The predicted octanol–water partition coefficient (Wildman–Crippen LogP) is 2.05. The fourth-order valence-electron chi connectivity index (χ4n) is 3.45. The Kier molecular flexibility index (Phi) is 3.85. The SMILES string of the molecule is O=C(O)CC1CCCN(c2ncnc3c2CCCC3)C1. The molecule has 1 unspecified atom stereocenters. The first kappa shape index (κ1) is 13.3. The van der Waals surface area contributed by atoms with Crippen molar-refractivity contribution in [1.82, 2.24) is 9.97 Å². The van der Waals surface area contributed by atoms with Crippen molar-refractivity contribution in [3.8, 4) is 0 Å². The highest BCUT2D eigenvalue weighted by atomic mass is 16.4. The molecular weight excluding hydrogens is 254 g/mol. The summed E-state index contributed by atoms with van der Waals surface area (Å²) in [5.74, 6) is 0.613. The number of hydrogen-bond acceptors (Lipinski definition) is 4. The number of rotatable bonds is 3. The summed E-state index contributed by atoms with van der Waals surface area (Å²) in [6, 6.07) is 0. The highest BCUT2D eigenvalue weighted by molar-refractivity contribution is 5.67. The van der Waals surface area contributed by atoms with Gasteiger partial charge in [-0.05, 0) is 44.4 Å². The van der Waals surface area contributed by atoms with Gasteiger partial charge in [0.05, 0.1) is 0 Å². The number of aromatic nitrogens is 2. The quantitative estimate of drug-likeness (QED) is 0.914. The van der Waals surface area contributed by atoms with Gasteiger partial charge in [0.1, 0.15) is 12.1 Å². The molecular formula is C15H21N3O2. The number of hydrogen-bond donors (Lipinski definition) is 1. The van der Waals surface area contributed by atoms with Crippen LogP contribution in [0.1, 0.15) is 43.4 Å². The molecule has 2 heterocycles. The lowest BCUT2D eigenvalue weighted by molar-refractivity contribution is -0.138. The molecule has 0 radical (unpaired) electrons. The fraction of sp³-hybridized carbons (Fsp3) is 0.667. The van der Waals surface area contributed by atoms with Gasteiger partial charge < -0.3 is 10.0 Å². The zero-order chi connectivity index (χ0) is 13.9. The molecule has 1 aliphatic heterocycles. The van der Waals surface area contributed by atoms with Crippen LogP contribution in [-0.2, 0) is 17.6 Å². The maximum Gasteiger partial charge on any atom is 0.303 e. The van der Waals surface area contributed by atoms with Gasteiger partial charge in [-0.2, -0.15) is 0 Å². The van der Waals surface area contributed by atoms with Crippen LogP contribution in [0.15, 0.2) is 6.33 Å². The van der Waals surface area contributed by atoms with E-state index in [4.69, 9.17) is 5.11 Å². The average molecular weight is 275 g/mol. The van der Waals surface area contributed by atoms with Crippen LogP contribution >= 0.6 is 0 Å². The van der Waals surface area contributed by atoms with Gasteiger partial charge in [0, 0.05) is 30.8 Å². The Morgan fingerprint density at radius 2 is 2.15 bits per heavy atom. The van der Waals surface area contributed by atoms with E-state index in [0.717, 1.165) is 44.6 Å². The number of aliphatic carboxylic acids is 1. The third kappa shape index (κ3) is 2.76. The molecule has 5 nitrogen and oxygen atoms in total. The average Bonchev–Trinajstić information content (AvgIpc) is 2.46. The second-order valence-electron chi connectivity index (χ2n) is 5.88. The lowest BCUT2D eigenvalue weighted by Gasteiger charge is -2.35. The maximum atomic E-state index is 10.9. The lowest BCUT2D eigenvalue weighted by Crippen LogP contribution is -2.37. The number of piperidine rings is 1. The van der Waals surface area contributed by atoms with E-state index >= 15 is 0 Å². The Bertz CT molecular complexity index is 504. The molecule has 1 atom stereocenters. The summed E-state index contributed by atoms with van der Waals surface area (Å²) in [5, 5.41) is 8.97. The number of fused-ring (bicyclic) bond motifs is 1. The third-order valence-electron chi connectivity index (χ3n) is 4.38. The first-order valence-corrected chi connectivity index (χ1v) is 7.53. The van der Waals surface area contributed by atoms with Crippen LogP contribution in [-0.4, -0.2) is 34.1 Å². The minimum Gasteiger partial charge on any atom is -0.481 e. The smallest absolute Gasteiger partial charge is 0.303 e. The molecule has 1 aliphatic carbocycles. The van der Waals surface area contributed by atoms with E-state index in [1.165, 1.54) is 24.1 Å². The van der Waals surface area contributed by atoms with Crippen LogP contribution in [0.4, 0.5) is 5.82 Å². The molecule has 0 bridgehead atoms. The van der Waals surface area contributed by atoms with Crippen LogP contribution in [0.5, 0.6) is 0 Å². The Morgan fingerprint density at radius 3 is 3.00 bits per heavy atom. The van der Waals surface area contributed by atoms with Gasteiger partial charge in [0.2, 0.25) is 0 Å². The van der Waals surface area contributed by atoms with Crippen molar-refractivity contribution in [3.63, 3.8) is 0 Å². The van der Waals surface area contributed by atoms with E-state index in [-0.39, 0.29) is 12.3 Å². The van der Waals surface area contributed by atoms with Crippen molar-refractivity contribution in [3.05, 3.63) is 17.6 Å². The van der Waals surface area contributed by atoms with Gasteiger partial charge in [-0.15, -0.1) is 0 Å². The van der Waals surface area contributed by atoms with Gasteiger partial charge in [0.15, 0.2) is 0 Å². The molecule has 5 heteroatoms. The first-order chi connectivity index (χ1) is 9.74. The van der Waals surface area contributed by atoms with E-state index in [1.54, 1.807) is 6.33 Å². The standard InChI is InChI=1S/C15H21N3O2/c19-14(20)8-11-4-3-7-18(9-11)15-12-5-1-2-6-13(12)16-10-17-15/h10-11H,1-9H2,(H,19,20). The molecule has 1 saturated heterocycles. The van der Waals surface area contributed by atoms with Crippen molar-refractivity contribution in [2.75, 3.05) is 18.0 Å². The number of carboxylic acids is 1. The van der Waals surface area contributed by atoms with Crippen molar-refractivity contribution < 1.29 is 9.90 Å².